The van der Waals surface area contributed by atoms with Gasteiger partial charge < -0.3 is 19.3 Å². The van der Waals surface area contributed by atoms with Gasteiger partial charge in [-0.1, -0.05) is 49.2 Å². The lowest BCUT2D eigenvalue weighted by molar-refractivity contribution is -0.256. The van der Waals surface area contributed by atoms with Gasteiger partial charge in [0.25, 0.3) is 0 Å². The van der Waals surface area contributed by atoms with Crippen LogP contribution in [-0.4, -0.2) is 48.3 Å². The van der Waals surface area contributed by atoms with Crippen LogP contribution in [0.15, 0.2) is 48.5 Å². The minimum Gasteiger partial charge on any atom is -0.507 e. The lowest BCUT2D eigenvalue weighted by Crippen LogP contribution is -2.54. The van der Waals surface area contributed by atoms with Gasteiger partial charge in [0.2, 0.25) is 0 Å². The van der Waals surface area contributed by atoms with Gasteiger partial charge in [0.15, 0.2) is 0 Å². The van der Waals surface area contributed by atoms with Gasteiger partial charge in [-0.15, -0.1) is 11.6 Å². The van der Waals surface area contributed by atoms with Crippen molar-refractivity contribution in [2.75, 3.05) is 26.3 Å². The number of phenolic OH excluding ortho intramolecular Hbond substituents is 1. The second kappa shape index (κ2) is 11.3. The molecule has 3 saturated heterocycles. The van der Waals surface area contributed by atoms with Crippen molar-refractivity contribution in [1.29, 1.82) is 0 Å². The molecule has 2 aromatic rings. The molecule has 1 saturated carbocycles. The number of fused-ring (bicyclic) bond motifs is 3. The summed E-state index contributed by atoms with van der Waals surface area (Å²) in [7, 11) is 0. The fraction of sp³-hybridized carbons (Fsp3) is 0.571. The van der Waals surface area contributed by atoms with Gasteiger partial charge in [0, 0.05) is 5.92 Å². The van der Waals surface area contributed by atoms with Crippen molar-refractivity contribution in [2.45, 2.75) is 62.8 Å². The number of rotatable bonds is 10. The summed E-state index contributed by atoms with van der Waals surface area (Å²) in [6.07, 6.45) is 7.78. The Labute approximate surface area is 208 Å². The molecule has 3 atom stereocenters. The monoisotopic (exact) mass is 485 g/mol. The summed E-state index contributed by atoms with van der Waals surface area (Å²) in [5, 5.41) is 10.9. The Kier molecular flexibility index (Phi) is 7.95. The molecule has 0 amide bonds. The van der Waals surface area contributed by atoms with Crippen LogP contribution < -0.4 is 4.74 Å². The minimum atomic E-state index is -0.818. The number of nitrogens with zero attached hydrogens (tertiary/aromatic N) is 1. The van der Waals surface area contributed by atoms with E-state index in [9.17, 15) is 5.11 Å². The Balaban J connectivity index is 1.20. The second-order valence-electron chi connectivity index (χ2n) is 9.92. The third kappa shape index (κ3) is 5.54. The average molecular weight is 486 g/mol. The average Bonchev–Trinajstić information content (AvgIpc) is 3.40. The maximum absolute atomic E-state index is 10.9. The predicted molar refractivity (Wildman–Crippen MR) is 133 cm³/mol. The van der Waals surface area contributed by atoms with Gasteiger partial charge in [-0.3, -0.25) is 4.90 Å². The Morgan fingerprint density at radius 1 is 0.941 bits per heavy atom. The topological polar surface area (TPSA) is 51.2 Å². The molecule has 5 nitrogen and oxygen atoms in total. The van der Waals surface area contributed by atoms with Crippen LogP contribution in [0.25, 0.3) is 0 Å². The van der Waals surface area contributed by atoms with Crippen LogP contribution >= 0.6 is 11.6 Å². The van der Waals surface area contributed by atoms with Crippen LogP contribution in [0.1, 0.15) is 55.6 Å². The highest BCUT2D eigenvalue weighted by molar-refractivity contribution is 6.20. The molecule has 2 aromatic carbocycles. The largest absolute Gasteiger partial charge is 0.507 e. The maximum atomic E-state index is 10.9. The van der Waals surface area contributed by atoms with E-state index in [1.165, 1.54) is 25.7 Å². The zero-order valence-electron chi connectivity index (χ0n) is 19.8. The molecule has 6 rings (SSSR count). The maximum Gasteiger partial charge on any atom is 0.315 e. The van der Waals surface area contributed by atoms with E-state index in [4.69, 9.17) is 25.8 Å². The van der Waals surface area contributed by atoms with Gasteiger partial charge in [-0.05, 0) is 80.3 Å². The van der Waals surface area contributed by atoms with Gasteiger partial charge in [0.1, 0.15) is 11.5 Å². The molecule has 0 aromatic heterocycles. The molecular formula is C28H36ClNO4. The molecule has 0 radical (unpaired) electrons. The molecule has 1 N–H and O–H groups in total. The van der Waals surface area contributed by atoms with E-state index >= 15 is 0 Å². The highest BCUT2D eigenvalue weighted by atomic mass is 35.5. The minimum absolute atomic E-state index is 0.0140. The Bertz CT molecular complexity index is 910. The van der Waals surface area contributed by atoms with E-state index in [1.807, 2.05) is 42.5 Å². The number of benzene rings is 2. The van der Waals surface area contributed by atoms with Crippen LogP contribution in [-0.2, 0) is 15.9 Å². The van der Waals surface area contributed by atoms with Crippen LogP contribution in [0.2, 0.25) is 0 Å². The lowest BCUT2D eigenvalue weighted by Gasteiger charge is -2.48. The number of piperidine rings is 3. The number of hydrogen-bond acceptors (Lipinski definition) is 5. The first-order valence-corrected chi connectivity index (χ1v) is 13.3. The lowest BCUT2D eigenvalue weighted by atomic mass is 9.79. The highest BCUT2D eigenvalue weighted by Gasteiger charge is 2.41. The van der Waals surface area contributed by atoms with Crippen molar-refractivity contribution >= 4 is 11.6 Å². The summed E-state index contributed by atoms with van der Waals surface area (Å²) in [5.74, 6) is 2.48. The Hall–Kier alpha value is -1.79. The van der Waals surface area contributed by atoms with Crippen molar-refractivity contribution < 1.29 is 19.3 Å². The van der Waals surface area contributed by atoms with Crippen molar-refractivity contribution in [3.63, 3.8) is 0 Å². The van der Waals surface area contributed by atoms with Crippen LogP contribution in [0.4, 0.5) is 0 Å². The Morgan fingerprint density at radius 2 is 1.71 bits per heavy atom. The summed E-state index contributed by atoms with van der Waals surface area (Å²) in [6.45, 7) is 2.25. The van der Waals surface area contributed by atoms with E-state index in [0.717, 1.165) is 37.1 Å². The first-order chi connectivity index (χ1) is 16.7. The van der Waals surface area contributed by atoms with Gasteiger partial charge >= 0.3 is 6.48 Å². The van der Waals surface area contributed by atoms with Crippen molar-refractivity contribution in [3.05, 3.63) is 59.7 Å². The number of ether oxygens (including phenoxy) is 3. The number of alkyl halides is 1. The highest BCUT2D eigenvalue weighted by Crippen LogP contribution is 2.40. The van der Waals surface area contributed by atoms with E-state index < -0.39 is 6.48 Å². The molecule has 34 heavy (non-hydrogen) atoms. The first kappa shape index (κ1) is 23.9. The molecule has 1 unspecified atom stereocenters. The Morgan fingerprint density at radius 3 is 2.44 bits per heavy atom. The molecule has 2 bridgehead atoms. The summed E-state index contributed by atoms with van der Waals surface area (Å²) < 4.78 is 18.3. The molecule has 3 aliphatic heterocycles. The summed E-state index contributed by atoms with van der Waals surface area (Å²) >= 11 is 6.73. The summed E-state index contributed by atoms with van der Waals surface area (Å²) in [6, 6.07) is 15.7. The SMILES string of the molecule is Oc1c(CCO[C@H](OC[C@H]2C3CCN(CC3)C2Cl)Oc2ccccc2)cccc1C1CCCC1. The smallest absolute Gasteiger partial charge is 0.315 e. The van der Waals surface area contributed by atoms with Crippen molar-refractivity contribution in [3.8, 4) is 11.5 Å². The molecule has 3 heterocycles. The standard InChI is InChI=1S/C28H36ClNO4/c29-27-25(21-13-16-30(27)17-14-21)19-33-28(34-23-10-2-1-3-11-23)32-18-15-22-9-6-12-24(26(22)31)20-7-4-5-8-20/h1-3,6,9-12,20-21,25,27-28,31H,4-5,7-8,13-19H2/t25-,27?,28+/m0/s1. The zero-order chi connectivity index (χ0) is 23.3. The number of phenols is 1. The predicted octanol–water partition coefficient (Wildman–Crippen LogP) is 5.89. The van der Waals surface area contributed by atoms with Gasteiger partial charge in [-0.25, -0.2) is 0 Å². The molecular weight excluding hydrogens is 450 g/mol. The van der Waals surface area contributed by atoms with E-state index in [-0.39, 0.29) is 11.4 Å². The van der Waals surface area contributed by atoms with E-state index in [2.05, 4.69) is 11.0 Å². The van der Waals surface area contributed by atoms with E-state index in [0.29, 0.717) is 43.0 Å². The first-order valence-electron chi connectivity index (χ1n) is 12.8. The van der Waals surface area contributed by atoms with Crippen LogP contribution in [0.5, 0.6) is 11.5 Å². The van der Waals surface area contributed by atoms with Crippen molar-refractivity contribution in [2.24, 2.45) is 11.8 Å². The van der Waals surface area contributed by atoms with Crippen molar-refractivity contribution in [1.82, 2.24) is 4.90 Å². The quantitative estimate of drug-likeness (QED) is 0.258. The third-order valence-electron chi connectivity index (χ3n) is 7.85. The van der Waals surface area contributed by atoms with E-state index in [1.54, 1.807) is 0 Å². The fourth-order valence-electron chi connectivity index (χ4n) is 5.87. The van der Waals surface area contributed by atoms with Crippen LogP contribution in [0.3, 0.4) is 0 Å². The third-order valence-corrected chi connectivity index (χ3v) is 8.45. The zero-order valence-corrected chi connectivity index (χ0v) is 20.5. The molecule has 1 aliphatic carbocycles. The van der Waals surface area contributed by atoms with Gasteiger partial charge in [0.05, 0.1) is 18.7 Å². The normalized spacial score (nSPS) is 27.7. The second-order valence-corrected chi connectivity index (χ2v) is 10.4. The number of halogens is 1. The van der Waals surface area contributed by atoms with Gasteiger partial charge in [-0.2, -0.15) is 0 Å². The molecule has 0 spiro atoms. The molecule has 6 heteroatoms. The molecule has 184 valence electrons. The summed E-state index contributed by atoms with van der Waals surface area (Å²) in [4.78, 5) is 2.35. The number of aromatic hydroxyl groups is 1. The number of para-hydroxylation sites is 2. The number of hydrogen-bond donors (Lipinski definition) is 1. The van der Waals surface area contributed by atoms with Crippen LogP contribution in [0, 0.1) is 11.8 Å². The molecule has 4 aliphatic rings. The molecule has 4 fully saturated rings. The fourth-order valence-corrected chi connectivity index (χ4v) is 6.34. The summed E-state index contributed by atoms with van der Waals surface area (Å²) in [5.41, 5.74) is 2.01.